The SMILES string of the molecule is CCCNC(C)(C#N)CC(C)Sc1ncnc2nc[nH]c12. The molecular weight excluding hydrogens is 284 g/mol. The number of imidazole rings is 1. The van der Waals surface area contributed by atoms with Crippen LogP contribution in [0.3, 0.4) is 0 Å². The van der Waals surface area contributed by atoms with Crippen molar-refractivity contribution in [2.24, 2.45) is 0 Å². The van der Waals surface area contributed by atoms with E-state index in [9.17, 15) is 5.26 Å². The molecule has 2 aromatic rings. The number of hydrogen-bond acceptors (Lipinski definition) is 6. The van der Waals surface area contributed by atoms with Crippen molar-refractivity contribution < 1.29 is 0 Å². The molecule has 0 radical (unpaired) electrons. The van der Waals surface area contributed by atoms with Gasteiger partial charge in [-0.15, -0.1) is 11.8 Å². The third kappa shape index (κ3) is 3.93. The first-order chi connectivity index (χ1) is 10.1. The highest BCUT2D eigenvalue weighted by molar-refractivity contribution is 8.00. The standard InChI is InChI=1S/C14H20N6S/c1-4-5-20-14(3,7-15)6-10(2)21-13-11-12(17-8-16-11)18-9-19-13/h8-10,20H,4-6H2,1-3H3,(H,16,17,18,19). The number of aromatic nitrogens is 4. The predicted octanol–water partition coefficient (Wildman–Crippen LogP) is 2.51. The summed E-state index contributed by atoms with van der Waals surface area (Å²) in [5, 5.41) is 13.8. The summed E-state index contributed by atoms with van der Waals surface area (Å²) in [4.78, 5) is 15.6. The van der Waals surface area contributed by atoms with E-state index in [1.54, 1.807) is 18.1 Å². The Kier molecular flexibility index (Phi) is 5.15. The lowest BCUT2D eigenvalue weighted by atomic mass is 9.98. The number of fused-ring (bicyclic) bond motifs is 1. The van der Waals surface area contributed by atoms with Gasteiger partial charge in [0.05, 0.1) is 12.4 Å². The smallest absolute Gasteiger partial charge is 0.181 e. The summed E-state index contributed by atoms with van der Waals surface area (Å²) in [5.74, 6) is 0. The van der Waals surface area contributed by atoms with E-state index in [2.05, 4.69) is 45.2 Å². The van der Waals surface area contributed by atoms with Crippen LogP contribution in [-0.4, -0.2) is 37.3 Å². The van der Waals surface area contributed by atoms with Crippen LogP contribution in [0.25, 0.3) is 11.2 Å². The van der Waals surface area contributed by atoms with Gasteiger partial charge in [-0.2, -0.15) is 5.26 Å². The third-order valence-corrected chi connectivity index (χ3v) is 4.31. The molecule has 112 valence electrons. The second-order valence-corrected chi connectivity index (χ2v) is 6.71. The molecule has 2 heterocycles. The van der Waals surface area contributed by atoms with Crippen LogP contribution in [0.1, 0.15) is 33.6 Å². The molecule has 0 aromatic carbocycles. The van der Waals surface area contributed by atoms with Crippen LogP contribution in [0.5, 0.6) is 0 Å². The number of aromatic amines is 1. The van der Waals surface area contributed by atoms with Gasteiger partial charge in [-0.05, 0) is 26.3 Å². The lowest BCUT2D eigenvalue weighted by molar-refractivity contribution is 0.418. The molecule has 0 aliphatic rings. The minimum absolute atomic E-state index is 0.250. The molecule has 0 spiro atoms. The fourth-order valence-corrected chi connectivity index (χ4v) is 3.37. The predicted molar refractivity (Wildman–Crippen MR) is 83.9 cm³/mol. The van der Waals surface area contributed by atoms with E-state index in [1.807, 2.05) is 6.92 Å². The quantitative estimate of drug-likeness (QED) is 0.603. The number of nitriles is 1. The van der Waals surface area contributed by atoms with Crippen molar-refractivity contribution >= 4 is 22.9 Å². The maximum atomic E-state index is 9.40. The van der Waals surface area contributed by atoms with E-state index < -0.39 is 5.54 Å². The molecule has 0 amide bonds. The minimum Gasteiger partial charge on any atom is -0.341 e. The molecule has 2 rings (SSSR count). The summed E-state index contributed by atoms with van der Waals surface area (Å²) < 4.78 is 0. The Morgan fingerprint density at radius 2 is 2.29 bits per heavy atom. The first kappa shape index (κ1) is 15.7. The maximum absolute atomic E-state index is 9.40. The Morgan fingerprint density at radius 3 is 3.00 bits per heavy atom. The highest BCUT2D eigenvalue weighted by Gasteiger charge is 2.26. The minimum atomic E-state index is -0.511. The number of thioether (sulfide) groups is 1. The molecule has 0 aliphatic heterocycles. The normalized spacial score (nSPS) is 15.5. The van der Waals surface area contributed by atoms with E-state index in [0.717, 1.165) is 29.9 Å². The zero-order valence-corrected chi connectivity index (χ0v) is 13.4. The Morgan fingerprint density at radius 1 is 1.48 bits per heavy atom. The van der Waals surface area contributed by atoms with Crippen molar-refractivity contribution in [2.75, 3.05) is 6.54 Å². The third-order valence-electron chi connectivity index (χ3n) is 3.21. The van der Waals surface area contributed by atoms with Crippen LogP contribution in [0.4, 0.5) is 0 Å². The monoisotopic (exact) mass is 304 g/mol. The first-order valence-corrected chi connectivity index (χ1v) is 7.93. The number of nitrogens with one attached hydrogen (secondary N) is 2. The molecule has 0 fully saturated rings. The number of nitrogens with zero attached hydrogens (tertiary/aromatic N) is 4. The molecule has 0 bridgehead atoms. The van der Waals surface area contributed by atoms with E-state index >= 15 is 0 Å². The van der Waals surface area contributed by atoms with Gasteiger partial charge in [0.15, 0.2) is 5.65 Å². The Bertz CT molecular complexity index is 634. The zero-order valence-electron chi connectivity index (χ0n) is 12.6. The zero-order chi connectivity index (χ0) is 15.3. The van der Waals surface area contributed by atoms with Gasteiger partial charge in [-0.3, -0.25) is 5.32 Å². The van der Waals surface area contributed by atoms with Crippen LogP contribution in [0.2, 0.25) is 0 Å². The molecule has 2 unspecified atom stereocenters. The van der Waals surface area contributed by atoms with Gasteiger partial charge < -0.3 is 4.98 Å². The first-order valence-electron chi connectivity index (χ1n) is 7.05. The van der Waals surface area contributed by atoms with Crippen LogP contribution in [-0.2, 0) is 0 Å². The molecule has 2 atom stereocenters. The van der Waals surface area contributed by atoms with E-state index in [1.165, 1.54) is 6.33 Å². The van der Waals surface area contributed by atoms with Crippen LogP contribution in [0.15, 0.2) is 17.7 Å². The Balaban J connectivity index is 2.06. The van der Waals surface area contributed by atoms with Gasteiger partial charge in [0.25, 0.3) is 0 Å². The molecule has 0 saturated heterocycles. The van der Waals surface area contributed by atoms with Gasteiger partial charge in [0.2, 0.25) is 0 Å². The van der Waals surface area contributed by atoms with Crippen molar-refractivity contribution in [3.05, 3.63) is 12.7 Å². The highest BCUT2D eigenvalue weighted by atomic mass is 32.2. The lowest BCUT2D eigenvalue weighted by Gasteiger charge is -2.26. The summed E-state index contributed by atoms with van der Waals surface area (Å²) in [6, 6.07) is 2.38. The summed E-state index contributed by atoms with van der Waals surface area (Å²) in [6.07, 6.45) is 4.90. The summed E-state index contributed by atoms with van der Waals surface area (Å²) >= 11 is 1.64. The number of hydrogen-bond donors (Lipinski definition) is 2. The van der Waals surface area contributed by atoms with E-state index in [-0.39, 0.29) is 5.25 Å². The van der Waals surface area contributed by atoms with Crippen LogP contribution < -0.4 is 5.32 Å². The topological polar surface area (TPSA) is 90.3 Å². The Hall–Kier alpha value is -1.65. The fraction of sp³-hybridized carbons (Fsp3) is 0.571. The molecule has 2 aromatic heterocycles. The molecule has 21 heavy (non-hydrogen) atoms. The average molecular weight is 304 g/mol. The maximum Gasteiger partial charge on any atom is 0.181 e. The van der Waals surface area contributed by atoms with Gasteiger partial charge in [-0.1, -0.05) is 13.8 Å². The number of H-pyrrole nitrogens is 1. The van der Waals surface area contributed by atoms with Gasteiger partial charge >= 0.3 is 0 Å². The lowest BCUT2D eigenvalue weighted by Crippen LogP contribution is -2.43. The molecule has 2 N–H and O–H groups in total. The van der Waals surface area contributed by atoms with Crippen molar-refractivity contribution in [2.45, 2.75) is 49.4 Å². The van der Waals surface area contributed by atoms with Crippen molar-refractivity contribution in [3.8, 4) is 6.07 Å². The van der Waals surface area contributed by atoms with E-state index in [4.69, 9.17) is 0 Å². The number of rotatable bonds is 7. The van der Waals surface area contributed by atoms with E-state index in [0.29, 0.717) is 5.65 Å². The van der Waals surface area contributed by atoms with Crippen LogP contribution >= 0.6 is 11.8 Å². The Labute approximate surface area is 128 Å². The highest BCUT2D eigenvalue weighted by Crippen LogP contribution is 2.30. The molecule has 7 heteroatoms. The largest absolute Gasteiger partial charge is 0.341 e. The van der Waals surface area contributed by atoms with Gasteiger partial charge in [0, 0.05) is 5.25 Å². The molecule has 0 aliphatic carbocycles. The molecule has 6 nitrogen and oxygen atoms in total. The summed E-state index contributed by atoms with van der Waals surface area (Å²) in [7, 11) is 0. The summed E-state index contributed by atoms with van der Waals surface area (Å²) in [6.45, 7) is 7.00. The van der Waals surface area contributed by atoms with Crippen molar-refractivity contribution in [1.82, 2.24) is 25.3 Å². The molecule has 0 saturated carbocycles. The average Bonchev–Trinajstić information content (AvgIpc) is 2.94. The van der Waals surface area contributed by atoms with Crippen molar-refractivity contribution in [1.29, 1.82) is 5.26 Å². The second-order valence-electron chi connectivity index (χ2n) is 5.28. The fourth-order valence-electron chi connectivity index (χ4n) is 2.20. The van der Waals surface area contributed by atoms with Crippen molar-refractivity contribution in [3.63, 3.8) is 0 Å². The second kappa shape index (κ2) is 6.87. The van der Waals surface area contributed by atoms with Crippen LogP contribution in [0, 0.1) is 11.3 Å². The van der Waals surface area contributed by atoms with Gasteiger partial charge in [0.1, 0.15) is 22.4 Å². The molecular formula is C14H20N6S. The summed E-state index contributed by atoms with van der Waals surface area (Å²) in [5.41, 5.74) is 1.02. The van der Waals surface area contributed by atoms with Gasteiger partial charge in [-0.25, -0.2) is 15.0 Å².